The van der Waals surface area contributed by atoms with Crippen LogP contribution in [-0.4, -0.2) is 19.2 Å². The molecule has 0 aromatic carbocycles. The third-order valence-electron chi connectivity index (χ3n) is 5.37. The Labute approximate surface area is 174 Å². The molecule has 28 heavy (non-hydrogen) atoms. The molecular weight excluding hydrogens is 352 g/mol. The zero-order valence-electron chi connectivity index (χ0n) is 19.5. The monoisotopic (exact) mass is 398 g/mol. The molecule has 0 aliphatic rings. The molecule has 0 aliphatic heterocycles. The van der Waals surface area contributed by atoms with Crippen LogP contribution in [0.15, 0.2) is 12.3 Å². The molecule has 0 unspecified atom stereocenters. The molecule has 0 bridgehead atoms. The summed E-state index contributed by atoms with van der Waals surface area (Å²) in [5, 5.41) is 0. The van der Waals surface area contributed by atoms with Gasteiger partial charge in [-0.05, 0) is 32.1 Å². The van der Waals surface area contributed by atoms with Gasteiger partial charge in [0.05, 0.1) is 19.6 Å². The number of ether oxygens (including phenoxy) is 1. The van der Waals surface area contributed by atoms with Gasteiger partial charge in [0.2, 0.25) is 0 Å². The Morgan fingerprint density at radius 2 is 1.29 bits per heavy atom. The molecule has 0 saturated carbocycles. The van der Waals surface area contributed by atoms with Crippen LogP contribution >= 0.6 is 0 Å². The number of rotatable bonds is 18. The zero-order valence-corrected chi connectivity index (χ0v) is 19.5. The second-order valence-corrected chi connectivity index (χ2v) is 9.27. The van der Waals surface area contributed by atoms with Crippen LogP contribution in [0.5, 0.6) is 0 Å². The molecule has 0 N–H and O–H groups in total. The van der Waals surface area contributed by atoms with Gasteiger partial charge in [-0.15, -0.1) is 0 Å². The molecule has 0 saturated heterocycles. The number of allylic oxidation sites excluding steroid dienone is 1. The lowest BCUT2D eigenvalue weighted by Crippen LogP contribution is -2.18. The second kappa shape index (κ2) is 14.9. The summed E-state index contributed by atoms with van der Waals surface area (Å²) in [7, 11) is 0. The van der Waals surface area contributed by atoms with E-state index in [0.29, 0.717) is 19.6 Å². The standard InChI is InChI=1S/C24H46O4/c1-8-26-22(25)20-23(4,5)18-16-14-12-10-11-13-15-17-19-24(6,7)21(3)28-27-9-2/h3,8-20H2,1-2,4-7H3. The van der Waals surface area contributed by atoms with Gasteiger partial charge in [0, 0.05) is 5.41 Å². The van der Waals surface area contributed by atoms with Crippen LogP contribution in [0.25, 0.3) is 0 Å². The quantitative estimate of drug-likeness (QED) is 0.0794. The molecule has 0 spiro atoms. The highest BCUT2D eigenvalue weighted by molar-refractivity contribution is 5.70. The van der Waals surface area contributed by atoms with Gasteiger partial charge in [0.25, 0.3) is 0 Å². The van der Waals surface area contributed by atoms with Gasteiger partial charge in [-0.1, -0.05) is 85.6 Å². The maximum absolute atomic E-state index is 11.6. The number of esters is 1. The van der Waals surface area contributed by atoms with Gasteiger partial charge >= 0.3 is 5.97 Å². The first-order valence-electron chi connectivity index (χ1n) is 11.3. The fourth-order valence-electron chi connectivity index (χ4n) is 3.30. The van der Waals surface area contributed by atoms with E-state index in [1.54, 1.807) is 0 Å². The molecule has 4 nitrogen and oxygen atoms in total. The Kier molecular flexibility index (Phi) is 14.3. The van der Waals surface area contributed by atoms with E-state index in [1.165, 1.54) is 51.4 Å². The van der Waals surface area contributed by atoms with E-state index in [1.807, 2.05) is 13.8 Å². The molecule has 0 atom stereocenters. The summed E-state index contributed by atoms with van der Waals surface area (Å²) in [6.45, 7) is 17.4. The Bertz CT molecular complexity index is 426. The van der Waals surface area contributed by atoms with Crippen LogP contribution in [0.2, 0.25) is 0 Å². The summed E-state index contributed by atoms with van der Waals surface area (Å²) in [6.07, 6.45) is 12.8. The topological polar surface area (TPSA) is 44.8 Å². The van der Waals surface area contributed by atoms with E-state index in [-0.39, 0.29) is 16.8 Å². The average Bonchev–Trinajstić information content (AvgIpc) is 2.60. The molecular formula is C24H46O4. The van der Waals surface area contributed by atoms with Crippen molar-refractivity contribution in [3.63, 3.8) is 0 Å². The molecule has 166 valence electrons. The fraction of sp³-hybridized carbons (Fsp3) is 0.875. The summed E-state index contributed by atoms with van der Waals surface area (Å²) < 4.78 is 5.06. The lowest BCUT2D eigenvalue weighted by molar-refractivity contribution is -0.269. The summed E-state index contributed by atoms with van der Waals surface area (Å²) in [5.74, 6) is 0.656. The first-order valence-corrected chi connectivity index (χ1v) is 11.3. The lowest BCUT2D eigenvalue weighted by atomic mass is 9.83. The number of unbranched alkanes of at least 4 members (excludes halogenated alkanes) is 7. The van der Waals surface area contributed by atoms with Crippen LogP contribution in [-0.2, 0) is 19.3 Å². The molecule has 0 aliphatic carbocycles. The summed E-state index contributed by atoms with van der Waals surface area (Å²) in [4.78, 5) is 21.9. The molecule has 0 heterocycles. The Morgan fingerprint density at radius 1 is 0.786 bits per heavy atom. The Balaban J connectivity index is 3.64. The predicted molar refractivity (Wildman–Crippen MR) is 117 cm³/mol. The van der Waals surface area contributed by atoms with E-state index in [4.69, 9.17) is 14.5 Å². The van der Waals surface area contributed by atoms with Gasteiger partial charge < -0.3 is 9.62 Å². The number of hydrogen-bond acceptors (Lipinski definition) is 4. The lowest BCUT2D eigenvalue weighted by Gasteiger charge is -2.25. The number of hydrogen-bond donors (Lipinski definition) is 0. The van der Waals surface area contributed by atoms with Gasteiger partial charge in [-0.25, -0.2) is 0 Å². The van der Waals surface area contributed by atoms with E-state index in [9.17, 15) is 4.79 Å². The SMILES string of the molecule is C=C(OOCC)C(C)(C)CCCCCCCCCCC(C)(C)CC(=O)OCC. The Morgan fingerprint density at radius 3 is 1.79 bits per heavy atom. The van der Waals surface area contributed by atoms with Crippen molar-refractivity contribution in [1.82, 2.24) is 0 Å². The van der Waals surface area contributed by atoms with Crippen molar-refractivity contribution in [2.75, 3.05) is 13.2 Å². The van der Waals surface area contributed by atoms with Crippen molar-refractivity contribution in [2.24, 2.45) is 10.8 Å². The van der Waals surface area contributed by atoms with E-state index < -0.39 is 0 Å². The first-order chi connectivity index (χ1) is 13.1. The van der Waals surface area contributed by atoms with Crippen LogP contribution in [0, 0.1) is 10.8 Å². The minimum Gasteiger partial charge on any atom is -0.466 e. The fourth-order valence-corrected chi connectivity index (χ4v) is 3.30. The minimum absolute atomic E-state index is 0.0362. The van der Waals surface area contributed by atoms with E-state index in [2.05, 4.69) is 34.3 Å². The van der Waals surface area contributed by atoms with Crippen molar-refractivity contribution < 1.29 is 19.3 Å². The van der Waals surface area contributed by atoms with Crippen molar-refractivity contribution >= 4 is 5.97 Å². The van der Waals surface area contributed by atoms with Gasteiger partial charge in [0.1, 0.15) is 5.76 Å². The van der Waals surface area contributed by atoms with Crippen molar-refractivity contribution in [3.05, 3.63) is 12.3 Å². The van der Waals surface area contributed by atoms with Crippen LogP contribution < -0.4 is 0 Å². The highest BCUT2D eigenvalue weighted by Gasteiger charge is 2.24. The predicted octanol–water partition coefficient (Wildman–Crippen LogP) is 7.37. The van der Waals surface area contributed by atoms with Gasteiger partial charge in [-0.3, -0.25) is 4.79 Å². The molecule has 0 rings (SSSR count). The maximum atomic E-state index is 11.6. The average molecular weight is 399 g/mol. The van der Waals surface area contributed by atoms with E-state index in [0.717, 1.165) is 18.6 Å². The van der Waals surface area contributed by atoms with Gasteiger partial charge in [0.15, 0.2) is 0 Å². The molecule has 0 fully saturated rings. The molecule has 0 radical (unpaired) electrons. The van der Waals surface area contributed by atoms with Crippen LogP contribution in [0.4, 0.5) is 0 Å². The zero-order chi connectivity index (χ0) is 21.5. The maximum Gasteiger partial charge on any atom is 0.306 e. The summed E-state index contributed by atoms with van der Waals surface area (Å²) in [6, 6.07) is 0. The molecule has 0 aromatic heterocycles. The summed E-state index contributed by atoms with van der Waals surface area (Å²) in [5.41, 5.74) is 0.0144. The summed E-state index contributed by atoms with van der Waals surface area (Å²) >= 11 is 0. The second-order valence-electron chi connectivity index (χ2n) is 9.27. The first kappa shape index (κ1) is 27.0. The van der Waals surface area contributed by atoms with Crippen molar-refractivity contribution in [2.45, 2.75) is 112 Å². The molecule has 4 heteroatoms. The smallest absolute Gasteiger partial charge is 0.306 e. The van der Waals surface area contributed by atoms with Crippen molar-refractivity contribution in [1.29, 1.82) is 0 Å². The van der Waals surface area contributed by atoms with Crippen LogP contribution in [0.3, 0.4) is 0 Å². The molecule has 0 aromatic rings. The third-order valence-corrected chi connectivity index (χ3v) is 5.37. The minimum atomic E-state index is -0.0660. The number of carbonyl (C=O) groups excluding carboxylic acids is 1. The third kappa shape index (κ3) is 14.0. The highest BCUT2D eigenvalue weighted by atomic mass is 17.2. The molecule has 0 amide bonds. The normalized spacial score (nSPS) is 12.1. The van der Waals surface area contributed by atoms with Crippen LogP contribution in [0.1, 0.15) is 112 Å². The Hall–Kier alpha value is -1.03. The van der Waals surface area contributed by atoms with Gasteiger partial charge in [-0.2, -0.15) is 4.89 Å². The van der Waals surface area contributed by atoms with E-state index >= 15 is 0 Å². The number of carbonyl (C=O) groups is 1. The highest BCUT2D eigenvalue weighted by Crippen LogP contribution is 2.32. The van der Waals surface area contributed by atoms with Crippen molar-refractivity contribution in [3.8, 4) is 0 Å². The largest absolute Gasteiger partial charge is 0.466 e.